The van der Waals surface area contributed by atoms with Crippen LogP contribution in [-0.4, -0.2) is 31.7 Å². The summed E-state index contributed by atoms with van der Waals surface area (Å²) in [6.07, 6.45) is 2.42. The lowest BCUT2D eigenvalue weighted by Crippen LogP contribution is -2.45. The van der Waals surface area contributed by atoms with Gasteiger partial charge in [-0.2, -0.15) is 0 Å². The molecule has 20 heavy (non-hydrogen) atoms. The molecule has 0 spiro atoms. The van der Waals surface area contributed by atoms with Gasteiger partial charge in [-0.25, -0.2) is 0 Å². The zero-order chi connectivity index (χ0) is 14.0. The van der Waals surface area contributed by atoms with Crippen LogP contribution < -0.4 is 10.6 Å². The number of hydrogen-bond donors (Lipinski definition) is 2. The predicted molar refractivity (Wildman–Crippen MR) is 77.7 cm³/mol. The van der Waals surface area contributed by atoms with E-state index in [1.807, 2.05) is 24.3 Å². The summed E-state index contributed by atoms with van der Waals surface area (Å²) in [5.41, 5.74) is 0.906. The van der Waals surface area contributed by atoms with Gasteiger partial charge in [0.15, 0.2) is 0 Å². The number of halogens is 1. The first-order valence-corrected chi connectivity index (χ1v) is 7.44. The molecule has 1 atom stereocenters. The number of carbonyl (C=O) groups is 1. The zero-order valence-electron chi connectivity index (χ0n) is 11.3. The van der Waals surface area contributed by atoms with Gasteiger partial charge in [-0.15, -0.1) is 0 Å². The van der Waals surface area contributed by atoms with Gasteiger partial charge in [-0.3, -0.25) is 4.79 Å². The van der Waals surface area contributed by atoms with Crippen LogP contribution in [0, 0.1) is 0 Å². The van der Waals surface area contributed by atoms with Crippen molar-refractivity contribution in [1.29, 1.82) is 0 Å². The average molecular weight is 295 g/mol. The second-order valence-corrected chi connectivity index (χ2v) is 6.01. The Morgan fingerprint density at radius 3 is 3.00 bits per heavy atom. The van der Waals surface area contributed by atoms with Gasteiger partial charge in [0.05, 0.1) is 18.8 Å². The van der Waals surface area contributed by atoms with Gasteiger partial charge in [0.2, 0.25) is 5.91 Å². The molecule has 1 aromatic carbocycles. The number of ether oxygens (including phenoxy) is 1. The second-order valence-electron chi connectivity index (χ2n) is 5.57. The van der Waals surface area contributed by atoms with Crippen LogP contribution in [0.1, 0.15) is 24.8 Å². The molecule has 1 saturated carbocycles. The van der Waals surface area contributed by atoms with Crippen molar-refractivity contribution in [3.05, 3.63) is 34.9 Å². The summed E-state index contributed by atoms with van der Waals surface area (Å²) in [5.74, 6) is 0.0745. The van der Waals surface area contributed by atoms with Crippen molar-refractivity contribution in [2.45, 2.75) is 30.8 Å². The standard InChI is InChI=1S/C15H19ClN2O2/c16-12-3-1-2-11(8-12)15(4-5-15)18-14(19)9-13-10-20-7-6-17-13/h1-3,8,13,17H,4-7,9-10H2,(H,18,19). The molecule has 2 N–H and O–H groups in total. The SMILES string of the molecule is O=C(CC1COCCN1)NC1(c2cccc(Cl)c2)CC1. The maximum atomic E-state index is 12.2. The minimum absolute atomic E-state index is 0.0745. The molecule has 3 rings (SSSR count). The summed E-state index contributed by atoms with van der Waals surface area (Å²) in [6, 6.07) is 7.88. The lowest BCUT2D eigenvalue weighted by Gasteiger charge is -2.25. The third-order valence-electron chi connectivity index (χ3n) is 3.94. The number of amides is 1. The van der Waals surface area contributed by atoms with Gasteiger partial charge in [0.25, 0.3) is 0 Å². The molecule has 0 bridgehead atoms. The molecule has 5 heteroatoms. The van der Waals surface area contributed by atoms with Gasteiger partial charge in [-0.05, 0) is 30.5 Å². The van der Waals surface area contributed by atoms with E-state index in [1.54, 1.807) is 0 Å². The Morgan fingerprint density at radius 1 is 1.50 bits per heavy atom. The van der Waals surface area contributed by atoms with Crippen LogP contribution in [0.25, 0.3) is 0 Å². The quantitative estimate of drug-likeness (QED) is 0.891. The minimum atomic E-state index is -0.197. The third-order valence-corrected chi connectivity index (χ3v) is 4.17. The lowest BCUT2D eigenvalue weighted by molar-refractivity contribution is -0.123. The molecule has 2 fully saturated rings. The number of morpholine rings is 1. The number of carbonyl (C=O) groups excluding carboxylic acids is 1. The molecule has 0 radical (unpaired) electrons. The molecule has 1 unspecified atom stereocenters. The summed E-state index contributed by atoms with van der Waals surface area (Å²) >= 11 is 6.03. The molecule has 1 saturated heterocycles. The van der Waals surface area contributed by atoms with E-state index in [1.165, 1.54) is 0 Å². The van der Waals surface area contributed by atoms with Crippen LogP contribution in [-0.2, 0) is 15.1 Å². The highest BCUT2D eigenvalue weighted by Gasteiger charge is 2.45. The molecular formula is C15H19ClN2O2. The summed E-state index contributed by atoms with van der Waals surface area (Å²) in [4.78, 5) is 12.2. The second kappa shape index (κ2) is 5.72. The highest BCUT2D eigenvalue weighted by Crippen LogP contribution is 2.46. The van der Waals surface area contributed by atoms with E-state index in [9.17, 15) is 4.79 Å². The van der Waals surface area contributed by atoms with Crippen LogP contribution in [0.4, 0.5) is 0 Å². The molecule has 1 aliphatic heterocycles. The molecule has 2 aliphatic rings. The maximum Gasteiger partial charge on any atom is 0.222 e. The van der Waals surface area contributed by atoms with E-state index >= 15 is 0 Å². The topological polar surface area (TPSA) is 50.4 Å². The summed E-state index contributed by atoms with van der Waals surface area (Å²) in [5, 5.41) is 7.18. The molecule has 1 heterocycles. The van der Waals surface area contributed by atoms with Crippen LogP contribution >= 0.6 is 11.6 Å². The van der Waals surface area contributed by atoms with Crippen molar-refractivity contribution in [2.75, 3.05) is 19.8 Å². The van der Waals surface area contributed by atoms with Gasteiger partial charge in [0.1, 0.15) is 0 Å². The number of benzene rings is 1. The highest BCUT2D eigenvalue weighted by molar-refractivity contribution is 6.30. The van der Waals surface area contributed by atoms with Gasteiger partial charge < -0.3 is 15.4 Å². The van der Waals surface area contributed by atoms with E-state index in [2.05, 4.69) is 10.6 Å². The largest absolute Gasteiger partial charge is 0.378 e. The predicted octanol–water partition coefficient (Wildman–Crippen LogP) is 1.82. The van der Waals surface area contributed by atoms with Crippen molar-refractivity contribution >= 4 is 17.5 Å². The molecule has 0 aromatic heterocycles. The number of nitrogens with one attached hydrogen (secondary N) is 2. The third kappa shape index (κ3) is 3.14. The van der Waals surface area contributed by atoms with E-state index in [0.29, 0.717) is 18.1 Å². The Hall–Kier alpha value is -1.10. The van der Waals surface area contributed by atoms with Crippen LogP contribution in [0.15, 0.2) is 24.3 Å². The van der Waals surface area contributed by atoms with Crippen LogP contribution in [0.5, 0.6) is 0 Å². The summed E-state index contributed by atoms with van der Waals surface area (Å²) < 4.78 is 5.37. The Kier molecular flexibility index (Phi) is 3.96. The molecule has 1 amide bonds. The Labute approximate surface area is 123 Å². The fourth-order valence-electron chi connectivity index (χ4n) is 2.69. The smallest absolute Gasteiger partial charge is 0.222 e. The molecule has 1 aromatic rings. The Morgan fingerprint density at radius 2 is 2.35 bits per heavy atom. The first kappa shape index (κ1) is 13.9. The van der Waals surface area contributed by atoms with Gasteiger partial charge in [0, 0.05) is 24.0 Å². The van der Waals surface area contributed by atoms with Crippen molar-refractivity contribution in [1.82, 2.24) is 10.6 Å². The van der Waals surface area contributed by atoms with E-state index < -0.39 is 0 Å². The normalized spacial score (nSPS) is 24.1. The fraction of sp³-hybridized carbons (Fsp3) is 0.533. The summed E-state index contributed by atoms with van der Waals surface area (Å²) in [6.45, 7) is 2.15. The van der Waals surface area contributed by atoms with E-state index in [0.717, 1.165) is 31.6 Å². The number of rotatable bonds is 4. The lowest BCUT2D eigenvalue weighted by atomic mass is 10.0. The minimum Gasteiger partial charge on any atom is -0.378 e. The van der Waals surface area contributed by atoms with Crippen molar-refractivity contribution in [3.63, 3.8) is 0 Å². The van der Waals surface area contributed by atoms with E-state index in [4.69, 9.17) is 16.3 Å². The summed E-state index contributed by atoms with van der Waals surface area (Å²) in [7, 11) is 0. The van der Waals surface area contributed by atoms with Crippen LogP contribution in [0.2, 0.25) is 5.02 Å². The zero-order valence-corrected chi connectivity index (χ0v) is 12.1. The van der Waals surface area contributed by atoms with Crippen molar-refractivity contribution in [2.24, 2.45) is 0 Å². The van der Waals surface area contributed by atoms with Crippen molar-refractivity contribution in [3.8, 4) is 0 Å². The van der Waals surface area contributed by atoms with Crippen LogP contribution in [0.3, 0.4) is 0 Å². The molecule has 1 aliphatic carbocycles. The van der Waals surface area contributed by atoms with E-state index in [-0.39, 0.29) is 17.5 Å². The first-order chi connectivity index (χ1) is 9.68. The average Bonchev–Trinajstić information content (AvgIpc) is 3.20. The Balaban J connectivity index is 1.60. The fourth-order valence-corrected chi connectivity index (χ4v) is 2.88. The monoisotopic (exact) mass is 294 g/mol. The maximum absolute atomic E-state index is 12.2. The van der Waals surface area contributed by atoms with Crippen molar-refractivity contribution < 1.29 is 9.53 Å². The van der Waals surface area contributed by atoms with Gasteiger partial charge >= 0.3 is 0 Å². The first-order valence-electron chi connectivity index (χ1n) is 7.06. The molecule has 4 nitrogen and oxygen atoms in total. The highest BCUT2D eigenvalue weighted by atomic mass is 35.5. The molecule has 108 valence electrons. The molecular weight excluding hydrogens is 276 g/mol. The Bertz CT molecular complexity index is 496. The number of hydrogen-bond acceptors (Lipinski definition) is 3. The van der Waals surface area contributed by atoms with Gasteiger partial charge in [-0.1, -0.05) is 23.7 Å².